The van der Waals surface area contributed by atoms with E-state index in [1.165, 1.54) is 0 Å². The van der Waals surface area contributed by atoms with Crippen LogP contribution in [-0.4, -0.2) is 40.7 Å². The number of nitrogens with two attached hydrogens (primary N) is 1. The third-order valence-electron chi connectivity index (χ3n) is 4.71. The molecule has 0 fully saturated rings. The Hall–Kier alpha value is -2.71. The zero-order chi connectivity index (χ0) is 22.8. The predicted molar refractivity (Wildman–Crippen MR) is 129 cm³/mol. The normalized spacial score (nSPS) is 12.3. The third kappa shape index (κ3) is 6.14. The highest BCUT2D eigenvalue weighted by molar-refractivity contribution is 6.76. The van der Waals surface area contributed by atoms with Gasteiger partial charge in [0, 0.05) is 37.7 Å². The summed E-state index contributed by atoms with van der Waals surface area (Å²) in [6.45, 7) is 13.8. The molecule has 2 heterocycles. The van der Waals surface area contributed by atoms with Crippen molar-refractivity contribution in [1.29, 1.82) is 0 Å². The van der Waals surface area contributed by atoms with Gasteiger partial charge in [0.25, 0.3) is 5.91 Å². The van der Waals surface area contributed by atoms with Gasteiger partial charge in [-0.2, -0.15) is 0 Å². The molecule has 0 bridgehead atoms. The summed E-state index contributed by atoms with van der Waals surface area (Å²) < 4.78 is 7.76. The van der Waals surface area contributed by atoms with Gasteiger partial charge in [0.2, 0.25) is 0 Å². The van der Waals surface area contributed by atoms with Crippen molar-refractivity contribution >= 4 is 30.8 Å². The molecule has 0 saturated heterocycles. The number of carbonyl (C=O) groups is 1. The molecule has 0 aliphatic heterocycles. The summed E-state index contributed by atoms with van der Waals surface area (Å²) in [7, 11) is -1.17. The van der Waals surface area contributed by atoms with Gasteiger partial charge in [-0.05, 0) is 38.9 Å². The number of aromatic nitrogens is 3. The summed E-state index contributed by atoms with van der Waals surface area (Å²) in [5, 5.41) is 3.02. The number of nitrogens with one attached hydrogen (secondary N) is 1. The van der Waals surface area contributed by atoms with Crippen LogP contribution in [-0.2, 0) is 11.5 Å². The number of hydrogen-bond donors (Lipinski definition) is 2. The van der Waals surface area contributed by atoms with Crippen LogP contribution in [0.1, 0.15) is 31.1 Å². The van der Waals surface area contributed by atoms with Crippen molar-refractivity contribution in [3.63, 3.8) is 0 Å². The van der Waals surface area contributed by atoms with Crippen LogP contribution in [0.2, 0.25) is 25.7 Å². The summed E-state index contributed by atoms with van der Waals surface area (Å²) in [6.07, 6.45) is 3.49. The number of nitrogens with zero attached hydrogens (tertiary/aromatic N) is 3. The van der Waals surface area contributed by atoms with Gasteiger partial charge in [-0.25, -0.2) is 9.97 Å². The monoisotopic (exact) mass is 439 g/mol. The van der Waals surface area contributed by atoms with E-state index < -0.39 is 8.07 Å². The van der Waals surface area contributed by atoms with Gasteiger partial charge < -0.3 is 20.4 Å². The van der Waals surface area contributed by atoms with Crippen LogP contribution in [0.4, 0.5) is 5.69 Å². The fourth-order valence-corrected chi connectivity index (χ4v) is 3.86. The Morgan fingerprint density at radius 1 is 1.26 bits per heavy atom. The van der Waals surface area contributed by atoms with Crippen LogP contribution < -0.4 is 11.1 Å². The molecular weight excluding hydrogens is 406 g/mol. The first-order chi connectivity index (χ1) is 14.4. The summed E-state index contributed by atoms with van der Waals surface area (Å²) >= 11 is 0. The van der Waals surface area contributed by atoms with E-state index in [2.05, 4.69) is 29.9 Å². The van der Waals surface area contributed by atoms with E-state index in [0.29, 0.717) is 41.4 Å². The van der Waals surface area contributed by atoms with Gasteiger partial charge >= 0.3 is 0 Å². The molecule has 1 aromatic carbocycles. The molecule has 0 atom stereocenters. The maximum atomic E-state index is 13.0. The Kier molecular flexibility index (Phi) is 6.52. The van der Waals surface area contributed by atoms with Crippen molar-refractivity contribution in [3.05, 3.63) is 42.2 Å². The van der Waals surface area contributed by atoms with Crippen molar-refractivity contribution in [2.45, 2.75) is 58.7 Å². The lowest BCUT2D eigenvalue weighted by Crippen LogP contribution is -2.40. The Morgan fingerprint density at radius 3 is 2.65 bits per heavy atom. The smallest absolute Gasteiger partial charge is 0.255 e. The van der Waals surface area contributed by atoms with E-state index in [4.69, 9.17) is 15.5 Å². The average Bonchev–Trinajstić information content (AvgIpc) is 3.01. The maximum Gasteiger partial charge on any atom is 0.255 e. The summed E-state index contributed by atoms with van der Waals surface area (Å²) in [4.78, 5) is 22.4. The number of rotatable bonds is 7. The van der Waals surface area contributed by atoms with Gasteiger partial charge in [-0.3, -0.25) is 4.79 Å². The Morgan fingerprint density at radius 2 is 2.00 bits per heavy atom. The van der Waals surface area contributed by atoms with E-state index in [1.807, 2.05) is 49.6 Å². The SMILES string of the molecule is CC(C)(C)NC(=O)c1cn(COCC[Si](C)(C)C)c2ncc(-c3cccc(N)c3)nc12. The first-order valence-electron chi connectivity index (χ1n) is 10.5. The van der Waals surface area contributed by atoms with Crippen molar-refractivity contribution in [1.82, 2.24) is 19.9 Å². The molecule has 0 unspecified atom stereocenters. The lowest BCUT2D eigenvalue weighted by atomic mass is 10.1. The lowest BCUT2D eigenvalue weighted by molar-refractivity contribution is 0.0886. The fourth-order valence-electron chi connectivity index (χ4n) is 3.10. The van der Waals surface area contributed by atoms with E-state index in [1.54, 1.807) is 12.4 Å². The predicted octanol–water partition coefficient (Wildman–Crippen LogP) is 4.52. The van der Waals surface area contributed by atoms with Crippen LogP contribution >= 0.6 is 0 Å². The van der Waals surface area contributed by atoms with Crippen LogP contribution in [0, 0.1) is 0 Å². The number of benzene rings is 1. The second kappa shape index (κ2) is 8.80. The van der Waals surface area contributed by atoms with Crippen LogP contribution in [0.25, 0.3) is 22.4 Å². The Labute approximate surface area is 185 Å². The molecule has 0 aliphatic rings. The van der Waals surface area contributed by atoms with Crippen LogP contribution in [0.3, 0.4) is 0 Å². The molecule has 0 saturated carbocycles. The quantitative estimate of drug-likeness (QED) is 0.321. The van der Waals surface area contributed by atoms with Crippen LogP contribution in [0.15, 0.2) is 36.7 Å². The Balaban J connectivity index is 1.97. The van der Waals surface area contributed by atoms with Gasteiger partial charge in [0.15, 0.2) is 5.65 Å². The molecule has 0 spiro atoms. The topological polar surface area (TPSA) is 95.1 Å². The van der Waals surface area contributed by atoms with Crippen molar-refractivity contribution in [2.75, 3.05) is 12.3 Å². The molecule has 8 heteroatoms. The molecule has 166 valence electrons. The second-order valence-electron chi connectivity index (χ2n) is 10.1. The van der Waals surface area contributed by atoms with Gasteiger partial charge in [0.05, 0.1) is 17.5 Å². The van der Waals surface area contributed by atoms with Crippen molar-refractivity contribution in [2.24, 2.45) is 0 Å². The van der Waals surface area contributed by atoms with Gasteiger partial charge in [-0.1, -0.05) is 31.8 Å². The number of hydrogen-bond acceptors (Lipinski definition) is 5. The van der Waals surface area contributed by atoms with E-state index >= 15 is 0 Å². The number of fused-ring (bicyclic) bond motifs is 1. The van der Waals surface area contributed by atoms with Gasteiger partial charge in [-0.15, -0.1) is 0 Å². The lowest BCUT2D eigenvalue weighted by Gasteiger charge is -2.20. The first-order valence-corrected chi connectivity index (χ1v) is 14.3. The molecular formula is C23H33N5O2Si. The maximum absolute atomic E-state index is 13.0. The number of anilines is 1. The fraction of sp³-hybridized carbons (Fsp3) is 0.435. The molecule has 31 heavy (non-hydrogen) atoms. The molecule has 0 radical (unpaired) electrons. The molecule has 3 N–H and O–H groups in total. The second-order valence-corrected chi connectivity index (χ2v) is 15.7. The van der Waals surface area contributed by atoms with E-state index in [-0.39, 0.29) is 11.4 Å². The molecule has 0 aliphatic carbocycles. The first kappa shape index (κ1) is 23.0. The molecule has 1 amide bonds. The largest absolute Gasteiger partial charge is 0.399 e. The summed E-state index contributed by atoms with van der Waals surface area (Å²) in [5.74, 6) is -0.183. The minimum atomic E-state index is -1.17. The zero-order valence-electron chi connectivity index (χ0n) is 19.3. The van der Waals surface area contributed by atoms with Crippen molar-refractivity contribution < 1.29 is 9.53 Å². The molecule has 3 aromatic rings. The molecule has 2 aromatic heterocycles. The summed E-state index contributed by atoms with van der Waals surface area (Å²) in [5.41, 5.74) is 9.40. The Bertz CT molecular complexity index is 1080. The number of ether oxygens (including phenoxy) is 1. The van der Waals surface area contributed by atoms with E-state index in [9.17, 15) is 4.79 Å². The number of amides is 1. The number of carbonyl (C=O) groups excluding carboxylic acids is 1. The zero-order valence-corrected chi connectivity index (χ0v) is 20.3. The standard InChI is InChI=1S/C23H33N5O2Si/c1-23(2,3)27-22(29)18-14-28(15-30-10-11-31(4,5)6)21-20(18)26-19(13-25-21)16-8-7-9-17(24)12-16/h7-9,12-14H,10-11,15,24H2,1-6H3,(H,27,29). The highest BCUT2D eigenvalue weighted by Gasteiger charge is 2.22. The molecule has 7 nitrogen and oxygen atoms in total. The van der Waals surface area contributed by atoms with Gasteiger partial charge in [0.1, 0.15) is 12.2 Å². The summed E-state index contributed by atoms with van der Waals surface area (Å²) in [6, 6.07) is 8.56. The third-order valence-corrected chi connectivity index (χ3v) is 6.41. The van der Waals surface area contributed by atoms with E-state index in [0.717, 1.165) is 11.6 Å². The highest BCUT2D eigenvalue weighted by atomic mass is 28.3. The number of nitrogen functional groups attached to an aromatic ring is 1. The average molecular weight is 440 g/mol. The van der Waals surface area contributed by atoms with Crippen molar-refractivity contribution in [3.8, 4) is 11.3 Å². The highest BCUT2D eigenvalue weighted by Crippen LogP contribution is 2.25. The minimum absolute atomic E-state index is 0.183. The molecule has 3 rings (SSSR count). The minimum Gasteiger partial charge on any atom is -0.399 e. The van der Waals surface area contributed by atoms with Crippen LogP contribution in [0.5, 0.6) is 0 Å².